The summed E-state index contributed by atoms with van der Waals surface area (Å²) >= 11 is 0. The van der Waals surface area contributed by atoms with Crippen LogP contribution in [-0.4, -0.2) is 28.8 Å². The first-order valence-corrected chi connectivity index (χ1v) is 7.46. The van der Waals surface area contributed by atoms with Gasteiger partial charge in [-0.2, -0.15) is 5.10 Å². The van der Waals surface area contributed by atoms with Gasteiger partial charge in [0.2, 0.25) is 0 Å². The summed E-state index contributed by atoms with van der Waals surface area (Å²) in [6.07, 6.45) is 1.38. The number of rotatable bonds is 6. The molecule has 0 unspecified atom stereocenters. The molecule has 2 aromatic rings. The number of hydrogen-bond acceptors (Lipinski definition) is 6. The lowest BCUT2D eigenvalue weighted by atomic mass is 10.1. The van der Waals surface area contributed by atoms with Crippen LogP contribution < -0.4 is 10.2 Å². The van der Waals surface area contributed by atoms with E-state index in [1.54, 1.807) is 26.0 Å². The molecule has 1 amide bonds. The highest BCUT2D eigenvalue weighted by Crippen LogP contribution is 2.26. The average molecular weight is 343 g/mol. The van der Waals surface area contributed by atoms with E-state index in [0.29, 0.717) is 23.5 Å². The van der Waals surface area contributed by atoms with E-state index in [0.717, 1.165) is 0 Å². The van der Waals surface area contributed by atoms with Crippen LogP contribution in [0.25, 0.3) is 0 Å². The zero-order valence-electron chi connectivity index (χ0n) is 13.7. The van der Waals surface area contributed by atoms with E-state index in [2.05, 4.69) is 10.5 Å². The molecule has 0 aliphatic carbocycles. The molecular weight excluding hydrogens is 326 g/mol. The summed E-state index contributed by atoms with van der Waals surface area (Å²) in [5, 5.41) is 24.4. The minimum Gasteiger partial charge on any atom is -0.504 e. The van der Waals surface area contributed by atoms with Gasteiger partial charge in [0.25, 0.3) is 11.6 Å². The average Bonchev–Trinajstić information content (AvgIpc) is 2.58. The lowest BCUT2D eigenvalue weighted by Gasteiger charge is -2.06. The first-order valence-electron chi connectivity index (χ1n) is 7.46. The third kappa shape index (κ3) is 4.54. The fourth-order valence-electron chi connectivity index (χ4n) is 2.06. The molecule has 0 saturated carbocycles. The molecule has 25 heavy (non-hydrogen) atoms. The van der Waals surface area contributed by atoms with Crippen molar-refractivity contribution in [2.45, 2.75) is 13.8 Å². The lowest BCUT2D eigenvalue weighted by molar-refractivity contribution is -0.385. The number of aryl methyl sites for hydroxylation is 1. The van der Waals surface area contributed by atoms with Gasteiger partial charge >= 0.3 is 0 Å². The first-order chi connectivity index (χ1) is 11.9. The monoisotopic (exact) mass is 343 g/mol. The van der Waals surface area contributed by atoms with Gasteiger partial charge < -0.3 is 9.84 Å². The van der Waals surface area contributed by atoms with Gasteiger partial charge in [-0.15, -0.1) is 0 Å². The van der Waals surface area contributed by atoms with Crippen LogP contribution in [0.2, 0.25) is 0 Å². The van der Waals surface area contributed by atoms with Crippen LogP contribution in [0, 0.1) is 17.0 Å². The Bertz CT molecular complexity index is 833. The predicted octanol–water partition coefficient (Wildman–Crippen LogP) is 2.77. The Labute approximate surface area is 143 Å². The highest BCUT2D eigenvalue weighted by Gasteiger charge is 2.14. The maximum absolute atomic E-state index is 12.0. The minimum atomic E-state index is -0.567. The van der Waals surface area contributed by atoms with Crippen molar-refractivity contribution >= 4 is 17.8 Å². The summed E-state index contributed by atoms with van der Waals surface area (Å²) < 4.78 is 5.26. The molecule has 0 aromatic heterocycles. The maximum atomic E-state index is 12.0. The van der Waals surface area contributed by atoms with E-state index in [4.69, 9.17) is 4.74 Å². The zero-order chi connectivity index (χ0) is 18.4. The van der Waals surface area contributed by atoms with Gasteiger partial charge in [0.15, 0.2) is 11.5 Å². The largest absolute Gasteiger partial charge is 0.504 e. The van der Waals surface area contributed by atoms with Crippen molar-refractivity contribution in [3.63, 3.8) is 0 Å². The highest BCUT2D eigenvalue weighted by molar-refractivity contribution is 5.95. The lowest BCUT2D eigenvalue weighted by Crippen LogP contribution is -2.17. The smallest absolute Gasteiger partial charge is 0.273 e. The SMILES string of the molecule is CCOc1cc(C=NNC(=O)c2ccc(C)c([N+](=O)[O-])c2)ccc1O. The number of hydrazone groups is 1. The maximum Gasteiger partial charge on any atom is 0.273 e. The number of carbonyl (C=O) groups excluding carboxylic acids is 1. The summed E-state index contributed by atoms with van der Waals surface area (Å²) in [6, 6.07) is 8.83. The summed E-state index contributed by atoms with van der Waals surface area (Å²) in [7, 11) is 0. The molecule has 8 nitrogen and oxygen atoms in total. The van der Waals surface area contributed by atoms with Crippen molar-refractivity contribution in [1.82, 2.24) is 5.43 Å². The quantitative estimate of drug-likeness (QED) is 0.475. The van der Waals surface area contributed by atoms with Crippen LogP contribution in [-0.2, 0) is 0 Å². The second-order valence-electron chi connectivity index (χ2n) is 5.12. The van der Waals surface area contributed by atoms with Crippen molar-refractivity contribution in [2.75, 3.05) is 6.61 Å². The number of amides is 1. The number of ether oxygens (including phenoxy) is 1. The van der Waals surface area contributed by atoms with Crippen LogP contribution in [0.3, 0.4) is 0 Å². The van der Waals surface area contributed by atoms with Crippen molar-refractivity contribution in [3.05, 3.63) is 63.2 Å². The van der Waals surface area contributed by atoms with Crippen molar-refractivity contribution in [3.8, 4) is 11.5 Å². The Balaban J connectivity index is 2.09. The number of aromatic hydroxyl groups is 1. The molecule has 0 bridgehead atoms. The number of carbonyl (C=O) groups is 1. The third-order valence-electron chi connectivity index (χ3n) is 3.33. The number of benzene rings is 2. The molecule has 0 heterocycles. The third-order valence-corrected chi connectivity index (χ3v) is 3.33. The standard InChI is InChI=1S/C17H17N3O5/c1-3-25-16-8-12(5-7-15(16)21)10-18-19-17(22)13-6-4-11(2)14(9-13)20(23)24/h4-10,21H,3H2,1-2H3,(H,19,22). The molecule has 2 N–H and O–H groups in total. The molecule has 2 rings (SSSR count). The molecule has 0 spiro atoms. The van der Waals surface area contributed by atoms with E-state index < -0.39 is 10.8 Å². The number of phenolic OH excluding ortho intramolecular Hbond substituents is 1. The topological polar surface area (TPSA) is 114 Å². The fraction of sp³-hybridized carbons (Fsp3) is 0.176. The summed E-state index contributed by atoms with van der Waals surface area (Å²) in [6.45, 7) is 3.79. The first kappa shape index (κ1) is 17.9. The minimum absolute atomic E-state index is 0.00926. The molecule has 0 fully saturated rings. The van der Waals surface area contributed by atoms with Gasteiger partial charge in [-0.3, -0.25) is 14.9 Å². The Morgan fingerprint density at radius 2 is 2.12 bits per heavy atom. The second kappa shape index (κ2) is 7.91. The molecule has 8 heteroatoms. The van der Waals surface area contributed by atoms with Gasteiger partial charge in [0.1, 0.15) is 0 Å². The fourth-order valence-corrected chi connectivity index (χ4v) is 2.06. The highest BCUT2D eigenvalue weighted by atomic mass is 16.6. The molecule has 0 saturated heterocycles. The second-order valence-corrected chi connectivity index (χ2v) is 5.12. The van der Waals surface area contributed by atoms with Crippen molar-refractivity contribution in [2.24, 2.45) is 5.10 Å². The normalized spacial score (nSPS) is 10.6. The van der Waals surface area contributed by atoms with Gasteiger partial charge in [-0.25, -0.2) is 5.43 Å². The molecule has 0 aliphatic heterocycles. The summed E-state index contributed by atoms with van der Waals surface area (Å²) in [5.41, 5.74) is 3.39. The number of phenols is 1. The van der Waals surface area contributed by atoms with E-state index in [1.165, 1.54) is 30.5 Å². The molecule has 130 valence electrons. The molecule has 0 aliphatic rings. The van der Waals surface area contributed by atoms with Gasteiger partial charge in [-0.05, 0) is 43.7 Å². The zero-order valence-corrected chi connectivity index (χ0v) is 13.7. The molecule has 0 radical (unpaired) electrons. The Morgan fingerprint density at radius 1 is 1.36 bits per heavy atom. The van der Waals surface area contributed by atoms with E-state index in [9.17, 15) is 20.0 Å². The van der Waals surface area contributed by atoms with Gasteiger partial charge in [-0.1, -0.05) is 6.07 Å². The Morgan fingerprint density at radius 3 is 2.80 bits per heavy atom. The van der Waals surface area contributed by atoms with Gasteiger partial charge in [0.05, 0.1) is 17.7 Å². The predicted molar refractivity (Wildman–Crippen MR) is 92.2 cm³/mol. The Kier molecular flexibility index (Phi) is 5.67. The molecule has 0 atom stereocenters. The van der Waals surface area contributed by atoms with Crippen molar-refractivity contribution in [1.29, 1.82) is 0 Å². The number of nitro groups is 1. The van der Waals surface area contributed by atoms with Gasteiger partial charge in [0, 0.05) is 17.2 Å². The Hall–Kier alpha value is -3.42. The van der Waals surface area contributed by atoms with Crippen molar-refractivity contribution < 1.29 is 19.6 Å². The van der Waals surface area contributed by atoms with Crippen LogP contribution in [0.15, 0.2) is 41.5 Å². The van der Waals surface area contributed by atoms with Crippen LogP contribution in [0.1, 0.15) is 28.4 Å². The molecule has 2 aromatic carbocycles. The summed E-state index contributed by atoms with van der Waals surface area (Å²) in [4.78, 5) is 22.4. The number of nitrogens with one attached hydrogen (secondary N) is 1. The summed E-state index contributed by atoms with van der Waals surface area (Å²) in [5.74, 6) is -0.245. The van der Waals surface area contributed by atoms with E-state index >= 15 is 0 Å². The van der Waals surface area contributed by atoms with Crippen LogP contribution in [0.5, 0.6) is 11.5 Å². The molecular formula is C17H17N3O5. The number of nitrogens with zero attached hydrogens (tertiary/aromatic N) is 2. The number of nitro benzene ring substituents is 1. The van der Waals surface area contributed by atoms with E-state index in [1.807, 2.05) is 0 Å². The van der Waals surface area contributed by atoms with Crippen LogP contribution in [0.4, 0.5) is 5.69 Å². The van der Waals surface area contributed by atoms with Crippen LogP contribution >= 0.6 is 0 Å². The van der Waals surface area contributed by atoms with E-state index in [-0.39, 0.29) is 17.0 Å². The number of hydrogen-bond donors (Lipinski definition) is 2.